The van der Waals surface area contributed by atoms with E-state index in [0.717, 1.165) is 24.6 Å². The van der Waals surface area contributed by atoms with Gasteiger partial charge < -0.3 is 5.32 Å². The average Bonchev–Trinajstić information content (AvgIpc) is 2.91. The van der Waals surface area contributed by atoms with Crippen LogP contribution >= 0.6 is 11.8 Å². The zero-order chi connectivity index (χ0) is 14.5. The first-order valence-electron chi connectivity index (χ1n) is 6.85. The fraction of sp³-hybridized carbons (Fsp3) is 0.467. The van der Waals surface area contributed by atoms with Gasteiger partial charge in [-0.25, -0.2) is 4.39 Å². The van der Waals surface area contributed by atoms with Crippen molar-refractivity contribution in [1.29, 1.82) is 5.26 Å². The third kappa shape index (κ3) is 3.31. The fourth-order valence-corrected chi connectivity index (χ4v) is 3.67. The summed E-state index contributed by atoms with van der Waals surface area (Å²) in [6, 6.07) is 6.29. The van der Waals surface area contributed by atoms with Crippen LogP contribution in [0.4, 0.5) is 10.1 Å². The summed E-state index contributed by atoms with van der Waals surface area (Å²) in [7, 11) is 0. The maximum atomic E-state index is 13.3. The Balaban J connectivity index is 2.01. The molecule has 0 saturated carbocycles. The molecule has 3 nitrogen and oxygen atoms in total. The van der Waals surface area contributed by atoms with Gasteiger partial charge in [-0.15, -0.1) is 0 Å². The van der Waals surface area contributed by atoms with Crippen molar-refractivity contribution >= 4 is 22.6 Å². The highest BCUT2D eigenvalue weighted by atomic mass is 32.2. The molecule has 1 aromatic rings. The predicted octanol–water partition coefficient (Wildman–Crippen LogP) is 4.02. The van der Waals surface area contributed by atoms with Gasteiger partial charge in [-0.3, -0.25) is 4.99 Å². The number of hydrogen-bond donors (Lipinski definition) is 1. The van der Waals surface area contributed by atoms with Crippen LogP contribution in [0, 0.1) is 23.1 Å². The van der Waals surface area contributed by atoms with Gasteiger partial charge >= 0.3 is 0 Å². The standard InChI is InChI=1S/C15H18FN3S/c1-3-10(4-2)14-9-18-15(20-14)19-12-5-6-13(16)11(7-12)8-17/h5-7,10,14H,3-4,9H2,1-2H3,(H,18,19). The summed E-state index contributed by atoms with van der Waals surface area (Å²) in [5.41, 5.74) is 0.759. The lowest BCUT2D eigenvalue weighted by atomic mass is 9.99. The Bertz CT molecular complexity index is 547. The quantitative estimate of drug-likeness (QED) is 0.911. The van der Waals surface area contributed by atoms with E-state index in [1.807, 2.05) is 6.07 Å². The normalized spacial score (nSPS) is 17.9. The maximum absolute atomic E-state index is 13.3. The molecule has 1 unspecified atom stereocenters. The number of thioether (sulfide) groups is 1. The van der Waals surface area contributed by atoms with E-state index in [4.69, 9.17) is 5.26 Å². The minimum atomic E-state index is -0.492. The van der Waals surface area contributed by atoms with E-state index in [-0.39, 0.29) is 5.56 Å². The van der Waals surface area contributed by atoms with Gasteiger partial charge in [-0.2, -0.15) is 5.26 Å². The van der Waals surface area contributed by atoms with Crippen molar-refractivity contribution in [2.45, 2.75) is 31.9 Å². The lowest BCUT2D eigenvalue weighted by Crippen LogP contribution is -2.17. The van der Waals surface area contributed by atoms with Gasteiger partial charge in [0.25, 0.3) is 0 Å². The SMILES string of the molecule is CCC(CC)C1CN=C(Nc2ccc(F)c(C#N)c2)S1. The summed E-state index contributed by atoms with van der Waals surface area (Å²) in [6.45, 7) is 5.24. The fourth-order valence-electron chi connectivity index (χ4n) is 2.33. The van der Waals surface area contributed by atoms with E-state index in [1.54, 1.807) is 17.8 Å². The molecular weight excluding hydrogens is 273 g/mol. The first-order chi connectivity index (χ1) is 9.67. The highest BCUT2D eigenvalue weighted by Crippen LogP contribution is 2.31. The number of nitrogens with one attached hydrogen (secondary N) is 1. The first kappa shape index (κ1) is 14.9. The zero-order valence-electron chi connectivity index (χ0n) is 11.7. The van der Waals surface area contributed by atoms with E-state index in [1.165, 1.54) is 12.1 Å². The molecule has 0 radical (unpaired) electrons. The Labute approximate surface area is 123 Å². The van der Waals surface area contributed by atoms with Crippen LogP contribution in [0.1, 0.15) is 32.3 Å². The number of benzene rings is 1. The number of halogens is 1. The molecule has 0 fully saturated rings. The third-order valence-electron chi connectivity index (χ3n) is 3.59. The van der Waals surface area contributed by atoms with Gasteiger partial charge in [0.1, 0.15) is 11.9 Å². The molecule has 1 atom stereocenters. The van der Waals surface area contributed by atoms with Crippen molar-refractivity contribution in [2.24, 2.45) is 10.9 Å². The lowest BCUT2D eigenvalue weighted by Gasteiger charge is -2.18. The van der Waals surface area contributed by atoms with Crippen LogP contribution in [0.5, 0.6) is 0 Å². The van der Waals surface area contributed by atoms with Crippen molar-refractivity contribution < 1.29 is 4.39 Å². The Morgan fingerprint density at radius 3 is 2.90 bits per heavy atom. The summed E-state index contributed by atoms with van der Waals surface area (Å²) in [5, 5.41) is 13.4. The Morgan fingerprint density at radius 2 is 2.25 bits per heavy atom. The predicted molar refractivity (Wildman–Crippen MR) is 82.5 cm³/mol. The molecule has 0 aliphatic carbocycles. The monoisotopic (exact) mass is 291 g/mol. The van der Waals surface area contributed by atoms with Crippen LogP contribution < -0.4 is 5.32 Å². The van der Waals surface area contributed by atoms with E-state index in [9.17, 15) is 4.39 Å². The number of aliphatic imine (C=N–C) groups is 1. The molecule has 1 aliphatic heterocycles. The number of rotatable bonds is 4. The van der Waals surface area contributed by atoms with Crippen molar-refractivity contribution in [2.75, 3.05) is 11.9 Å². The highest BCUT2D eigenvalue weighted by molar-refractivity contribution is 8.15. The minimum absolute atomic E-state index is 0.0511. The molecule has 20 heavy (non-hydrogen) atoms. The van der Waals surface area contributed by atoms with Gasteiger partial charge in [-0.1, -0.05) is 38.5 Å². The highest BCUT2D eigenvalue weighted by Gasteiger charge is 2.25. The molecule has 1 heterocycles. The molecule has 5 heteroatoms. The molecular formula is C15H18FN3S. The molecule has 1 aliphatic rings. The van der Waals surface area contributed by atoms with Crippen LogP contribution in [0.3, 0.4) is 0 Å². The number of nitriles is 1. The van der Waals surface area contributed by atoms with Crippen molar-refractivity contribution in [3.63, 3.8) is 0 Å². The molecule has 1 aromatic carbocycles. The van der Waals surface area contributed by atoms with Crippen molar-refractivity contribution in [1.82, 2.24) is 0 Å². The third-order valence-corrected chi connectivity index (χ3v) is 4.88. The van der Waals surface area contributed by atoms with Crippen LogP contribution in [-0.4, -0.2) is 17.0 Å². The second-order valence-corrected chi connectivity index (χ2v) is 6.04. The van der Waals surface area contributed by atoms with E-state index >= 15 is 0 Å². The summed E-state index contributed by atoms with van der Waals surface area (Å²) in [4.78, 5) is 4.50. The van der Waals surface area contributed by atoms with Gasteiger partial charge in [0, 0.05) is 10.9 Å². The molecule has 0 aromatic heterocycles. The smallest absolute Gasteiger partial charge is 0.161 e. The van der Waals surface area contributed by atoms with Crippen molar-refractivity contribution in [3.05, 3.63) is 29.6 Å². The molecule has 0 saturated heterocycles. The Morgan fingerprint density at radius 1 is 1.50 bits per heavy atom. The number of nitrogens with zero attached hydrogens (tertiary/aromatic N) is 2. The van der Waals surface area contributed by atoms with E-state index in [0.29, 0.717) is 16.9 Å². The number of hydrogen-bond acceptors (Lipinski definition) is 4. The number of amidine groups is 1. The van der Waals surface area contributed by atoms with Crippen LogP contribution in [-0.2, 0) is 0 Å². The molecule has 1 N–H and O–H groups in total. The van der Waals surface area contributed by atoms with Gasteiger partial charge in [0.15, 0.2) is 5.17 Å². The van der Waals surface area contributed by atoms with Gasteiger partial charge in [-0.05, 0) is 24.1 Å². The van der Waals surface area contributed by atoms with Crippen LogP contribution in [0.15, 0.2) is 23.2 Å². The second kappa shape index (κ2) is 6.76. The van der Waals surface area contributed by atoms with E-state index < -0.39 is 5.82 Å². The van der Waals surface area contributed by atoms with E-state index in [2.05, 4.69) is 24.2 Å². The van der Waals surface area contributed by atoms with Gasteiger partial charge in [0.2, 0.25) is 0 Å². The second-order valence-electron chi connectivity index (χ2n) is 4.81. The van der Waals surface area contributed by atoms with Gasteiger partial charge in [0.05, 0.1) is 12.1 Å². The lowest BCUT2D eigenvalue weighted by molar-refractivity contribution is 0.479. The molecule has 106 valence electrons. The minimum Gasteiger partial charge on any atom is -0.335 e. The largest absolute Gasteiger partial charge is 0.335 e. The first-order valence-corrected chi connectivity index (χ1v) is 7.73. The summed E-state index contributed by atoms with van der Waals surface area (Å²) < 4.78 is 13.3. The molecule has 0 spiro atoms. The molecule has 0 bridgehead atoms. The topological polar surface area (TPSA) is 48.2 Å². The van der Waals surface area contributed by atoms with Crippen LogP contribution in [0.25, 0.3) is 0 Å². The average molecular weight is 291 g/mol. The summed E-state index contributed by atoms with van der Waals surface area (Å²) >= 11 is 1.74. The molecule has 2 rings (SSSR count). The van der Waals surface area contributed by atoms with Crippen molar-refractivity contribution in [3.8, 4) is 6.07 Å². The molecule has 0 amide bonds. The Kier molecular flexibility index (Phi) is 5.02. The van der Waals surface area contributed by atoms with Crippen LogP contribution in [0.2, 0.25) is 0 Å². The summed E-state index contributed by atoms with van der Waals surface area (Å²) in [5.74, 6) is 0.180. The number of anilines is 1. The zero-order valence-corrected chi connectivity index (χ0v) is 12.5. The maximum Gasteiger partial charge on any atom is 0.161 e. The summed E-state index contributed by atoms with van der Waals surface area (Å²) in [6.07, 6.45) is 2.32. The Hall–Kier alpha value is -1.54.